The molecule has 0 fully saturated rings. The monoisotopic (exact) mass is 279 g/mol. The predicted molar refractivity (Wildman–Crippen MR) is 65.9 cm³/mol. The second kappa shape index (κ2) is 6.58. The van der Waals surface area contributed by atoms with Crippen LogP contribution in [0.2, 0.25) is 0 Å². The van der Waals surface area contributed by atoms with E-state index >= 15 is 0 Å². The number of sulfone groups is 1. The summed E-state index contributed by atoms with van der Waals surface area (Å²) in [5, 5.41) is 8.42. The van der Waals surface area contributed by atoms with Gasteiger partial charge in [0.2, 0.25) is 0 Å². The van der Waals surface area contributed by atoms with Crippen molar-refractivity contribution in [1.82, 2.24) is 0 Å². The lowest BCUT2D eigenvalue weighted by Gasteiger charge is -2.03. The molecular weight excluding hydrogens is 266 g/mol. The summed E-state index contributed by atoms with van der Waals surface area (Å²) in [6.07, 6.45) is -0.388. The number of nitrogens with two attached hydrogens (primary N) is 1. The molecule has 96 valence electrons. The summed E-state index contributed by atoms with van der Waals surface area (Å²) < 4.78 is 23.3. The maximum absolute atomic E-state index is 11.6. The molecule has 0 unspecified atom stereocenters. The molecule has 7 heteroatoms. The molecule has 17 heavy (non-hydrogen) atoms. The zero-order chi connectivity index (χ0) is 12.2. The first-order chi connectivity index (χ1) is 7.45. The summed E-state index contributed by atoms with van der Waals surface area (Å²) in [5.74, 6) is -1.51. The summed E-state index contributed by atoms with van der Waals surface area (Å²) in [6, 6.07) is 6.13. The number of benzene rings is 1. The Morgan fingerprint density at radius 1 is 1.24 bits per heavy atom. The van der Waals surface area contributed by atoms with E-state index in [0.29, 0.717) is 6.54 Å². The van der Waals surface area contributed by atoms with E-state index in [2.05, 4.69) is 0 Å². The average Bonchev–Trinajstić information content (AvgIpc) is 2.27. The van der Waals surface area contributed by atoms with Gasteiger partial charge in [0, 0.05) is 6.54 Å². The van der Waals surface area contributed by atoms with Crippen LogP contribution in [0, 0.1) is 0 Å². The van der Waals surface area contributed by atoms with E-state index in [1.807, 2.05) is 0 Å². The van der Waals surface area contributed by atoms with Crippen LogP contribution in [-0.4, -0.2) is 25.2 Å². The molecule has 0 bridgehead atoms. The van der Waals surface area contributed by atoms with Crippen LogP contribution in [0.25, 0.3) is 0 Å². The highest BCUT2D eigenvalue weighted by Crippen LogP contribution is 2.13. The van der Waals surface area contributed by atoms with Gasteiger partial charge >= 0.3 is 5.97 Å². The smallest absolute Gasteiger partial charge is 0.304 e. The minimum Gasteiger partial charge on any atom is -0.481 e. The summed E-state index contributed by atoms with van der Waals surface area (Å²) in [6.45, 7) is 0.343. The van der Waals surface area contributed by atoms with Crippen molar-refractivity contribution in [2.24, 2.45) is 5.73 Å². The summed E-state index contributed by atoms with van der Waals surface area (Å²) in [4.78, 5) is 10.4. The molecule has 5 nitrogen and oxygen atoms in total. The Morgan fingerprint density at radius 2 is 1.76 bits per heavy atom. The lowest BCUT2D eigenvalue weighted by molar-refractivity contribution is -0.136. The fraction of sp³-hybridized carbons (Fsp3) is 0.300. The van der Waals surface area contributed by atoms with E-state index in [9.17, 15) is 13.2 Å². The van der Waals surface area contributed by atoms with Gasteiger partial charge in [0.05, 0.1) is 17.1 Å². The van der Waals surface area contributed by atoms with Crippen LogP contribution >= 0.6 is 12.4 Å². The quantitative estimate of drug-likeness (QED) is 0.831. The minimum atomic E-state index is -3.50. The van der Waals surface area contributed by atoms with Crippen molar-refractivity contribution in [2.45, 2.75) is 17.9 Å². The standard InChI is InChI=1S/C10H13NO4S.ClH/c11-7-8-1-3-9(4-2-8)16(14,15)6-5-10(12)13;/h1-4H,5-7,11H2,(H,12,13);1H. The zero-order valence-corrected chi connectivity index (χ0v) is 10.6. The Morgan fingerprint density at radius 3 is 2.18 bits per heavy atom. The van der Waals surface area contributed by atoms with Crippen LogP contribution in [0.5, 0.6) is 0 Å². The van der Waals surface area contributed by atoms with Gasteiger partial charge < -0.3 is 10.8 Å². The Bertz CT molecular complexity index is 470. The highest BCUT2D eigenvalue weighted by molar-refractivity contribution is 7.91. The Hall–Kier alpha value is -1.11. The van der Waals surface area contributed by atoms with E-state index in [-0.39, 0.29) is 29.5 Å². The SMILES string of the molecule is Cl.NCc1ccc(S(=O)(=O)CCC(=O)O)cc1. The number of aliphatic carboxylic acids is 1. The molecule has 0 heterocycles. The van der Waals surface area contributed by atoms with Crippen molar-refractivity contribution in [3.05, 3.63) is 29.8 Å². The van der Waals surface area contributed by atoms with Gasteiger partial charge in [-0.1, -0.05) is 12.1 Å². The molecule has 3 N–H and O–H groups in total. The molecule has 0 saturated heterocycles. The molecule has 1 aromatic carbocycles. The van der Waals surface area contributed by atoms with Gasteiger partial charge in [-0.25, -0.2) is 8.42 Å². The largest absolute Gasteiger partial charge is 0.481 e. The molecule has 0 saturated carbocycles. The molecule has 0 aliphatic rings. The number of hydrogen-bond donors (Lipinski definition) is 2. The van der Waals surface area contributed by atoms with Gasteiger partial charge in [-0.3, -0.25) is 4.79 Å². The Labute approximate surface area is 106 Å². The van der Waals surface area contributed by atoms with Crippen molar-refractivity contribution in [2.75, 3.05) is 5.75 Å². The number of rotatable bonds is 5. The van der Waals surface area contributed by atoms with E-state index in [0.717, 1.165) is 5.56 Å². The minimum absolute atomic E-state index is 0. The second-order valence-corrected chi connectivity index (χ2v) is 5.42. The van der Waals surface area contributed by atoms with Crippen molar-refractivity contribution in [3.8, 4) is 0 Å². The molecule has 0 spiro atoms. The fourth-order valence-corrected chi connectivity index (χ4v) is 2.40. The third-order valence-corrected chi connectivity index (χ3v) is 3.83. The van der Waals surface area contributed by atoms with Gasteiger partial charge in [-0.05, 0) is 17.7 Å². The van der Waals surface area contributed by atoms with Crippen LogP contribution in [-0.2, 0) is 21.2 Å². The van der Waals surface area contributed by atoms with E-state index < -0.39 is 15.8 Å². The first kappa shape index (κ1) is 15.9. The number of hydrogen-bond acceptors (Lipinski definition) is 4. The lowest BCUT2D eigenvalue weighted by atomic mass is 10.2. The number of halogens is 1. The molecule has 0 aliphatic carbocycles. The van der Waals surface area contributed by atoms with Crippen molar-refractivity contribution in [3.63, 3.8) is 0 Å². The van der Waals surface area contributed by atoms with Crippen molar-refractivity contribution < 1.29 is 18.3 Å². The van der Waals surface area contributed by atoms with Crippen LogP contribution in [0.3, 0.4) is 0 Å². The van der Waals surface area contributed by atoms with Crippen LogP contribution in [0.1, 0.15) is 12.0 Å². The summed E-state index contributed by atoms with van der Waals surface area (Å²) in [7, 11) is -3.50. The molecule has 0 aromatic heterocycles. The Balaban J connectivity index is 0.00000256. The third-order valence-electron chi connectivity index (χ3n) is 2.10. The normalized spacial score (nSPS) is 10.6. The van der Waals surface area contributed by atoms with E-state index in [1.165, 1.54) is 12.1 Å². The first-order valence-electron chi connectivity index (χ1n) is 4.69. The van der Waals surface area contributed by atoms with Crippen LogP contribution in [0.15, 0.2) is 29.2 Å². The fourth-order valence-electron chi connectivity index (χ4n) is 1.17. The number of carboxylic acids is 1. The summed E-state index contributed by atoms with van der Waals surface area (Å²) in [5.41, 5.74) is 6.21. The van der Waals surface area contributed by atoms with Gasteiger partial charge in [-0.15, -0.1) is 12.4 Å². The number of carboxylic acid groups (broad SMARTS) is 1. The maximum atomic E-state index is 11.6. The highest BCUT2D eigenvalue weighted by atomic mass is 35.5. The number of carbonyl (C=O) groups is 1. The van der Waals surface area contributed by atoms with Gasteiger partial charge in [0.25, 0.3) is 0 Å². The van der Waals surface area contributed by atoms with E-state index in [4.69, 9.17) is 10.8 Å². The molecule has 0 aliphatic heterocycles. The molecule has 1 rings (SSSR count). The van der Waals surface area contributed by atoms with Gasteiger partial charge in [0.15, 0.2) is 9.84 Å². The van der Waals surface area contributed by atoms with Gasteiger partial charge in [0.1, 0.15) is 0 Å². The van der Waals surface area contributed by atoms with Crippen LogP contribution < -0.4 is 5.73 Å². The predicted octanol–water partition coefficient (Wildman–Crippen LogP) is 0.815. The highest BCUT2D eigenvalue weighted by Gasteiger charge is 2.15. The van der Waals surface area contributed by atoms with E-state index in [1.54, 1.807) is 12.1 Å². The lowest BCUT2D eigenvalue weighted by Crippen LogP contribution is -2.11. The Kier molecular flexibility index (Phi) is 6.15. The molecule has 0 atom stereocenters. The maximum Gasteiger partial charge on any atom is 0.304 e. The van der Waals surface area contributed by atoms with Gasteiger partial charge in [-0.2, -0.15) is 0 Å². The zero-order valence-electron chi connectivity index (χ0n) is 9.00. The second-order valence-electron chi connectivity index (χ2n) is 3.31. The third kappa shape index (κ3) is 4.72. The first-order valence-corrected chi connectivity index (χ1v) is 6.34. The average molecular weight is 280 g/mol. The molecule has 1 aromatic rings. The molecule has 0 amide bonds. The van der Waals surface area contributed by atoms with Crippen molar-refractivity contribution >= 4 is 28.2 Å². The molecular formula is C10H14ClNO4S. The summed E-state index contributed by atoms with van der Waals surface area (Å²) >= 11 is 0. The topological polar surface area (TPSA) is 97.5 Å². The van der Waals surface area contributed by atoms with Crippen molar-refractivity contribution in [1.29, 1.82) is 0 Å². The molecule has 0 radical (unpaired) electrons. The van der Waals surface area contributed by atoms with Crippen LogP contribution in [0.4, 0.5) is 0 Å².